The number of hydrogen-bond donors (Lipinski definition) is 0. The Hall–Kier alpha value is -1.40. The van der Waals surface area contributed by atoms with Gasteiger partial charge < -0.3 is 0 Å². The monoisotopic (exact) mass is 146 g/mol. The first-order chi connectivity index (χ1) is 5.43. The Morgan fingerprint density at radius 1 is 1.27 bits per heavy atom. The van der Waals surface area contributed by atoms with E-state index in [0.29, 0.717) is 0 Å². The van der Waals surface area contributed by atoms with Crippen LogP contribution >= 0.6 is 0 Å². The molecule has 0 N–H and O–H groups in total. The fourth-order valence-corrected chi connectivity index (χ4v) is 0.666. The van der Waals surface area contributed by atoms with Crippen LogP contribution in [0.2, 0.25) is 0 Å². The van der Waals surface area contributed by atoms with Gasteiger partial charge in [0.05, 0.1) is 11.7 Å². The van der Waals surface area contributed by atoms with Crippen LogP contribution < -0.4 is 0 Å². The highest BCUT2D eigenvalue weighted by Gasteiger charge is 1.79. The lowest BCUT2D eigenvalue weighted by molar-refractivity contribution is 1.14. The number of rotatable bonds is 2. The molecule has 1 aromatic carbocycles. The number of benzene rings is 1. The second-order valence-corrected chi connectivity index (χ2v) is 2.02. The summed E-state index contributed by atoms with van der Waals surface area (Å²) < 4.78 is 0. The van der Waals surface area contributed by atoms with E-state index >= 15 is 0 Å². The lowest BCUT2D eigenvalue weighted by atomic mass is 10.3. The summed E-state index contributed by atoms with van der Waals surface area (Å²) in [5.74, 6) is 0. The van der Waals surface area contributed by atoms with Gasteiger partial charge >= 0.3 is 0 Å². The molecule has 2 heteroatoms. The molecule has 0 aliphatic rings. The van der Waals surface area contributed by atoms with Gasteiger partial charge in [0.1, 0.15) is 0 Å². The van der Waals surface area contributed by atoms with E-state index in [-0.39, 0.29) is 0 Å². The van der Waals surface area contributed by atoms with E-state index in [1.807, 2.05) is 37.3 Å². The van der Waals surface area contributed by atoms with Gasteiger partial charge in [0.25, 0.3) is 0 Å². The standard InChI is InChI=1S/C9H10N2/c1-2-10-8-11-9-6-4-3-5-7-9/h3-7H,2H2,1H3. The summed E-state index contributed by atoms with van der Waals surface area (Å²) >= 11 is 0. The van der Waals surface area contributed by atoms with Crippen molar-refractivity contribution >= 4 is 11.7 Å². The van der Waals surface area contributed by atoms with E-state index < -0.39 is 0 Å². The van der Waals surface area contributed by atoms with Crippen molar-refractivity contribution in [3.05, 3.63) is 30.3 Å². The summed E-state index contributed by atoms with van der Waals surface area (Å²) in [6.07, 6.45) is 0. The largest absolute Gasteiger partial charge is 0.226 e. The predicted molar refractivity (Wildman–Crippen MR) is 46.5 cm³/mol. The van der Waals surface area contributed by atoms with Crippen molar-refractivity contribution in [2.24, 2.45) is 9.98 Å². The normalized spacial score (nSPS) is 8.45. The first-order valence-corrected chi connectivity index (χ1v) is 3.60. The number of nitrogens with zero attached hydrogens (tertiary/aromatic N) is 2. The van der Waals surface area contributed by atoms with Crippen molar-refractivity contribution in [3.8, 4) is 0 Å². The molecule has 11 heavy (non-hydrogen) atoms. The maximum Gasteiger partial charge on any atom is 0.0948 e. The first kappa shape index (κ1) is 7.70. The van der Waals surface area contributed by atoms with Gasteiger partial charge in [0.15, 0.2) is 0 Å². The van der Waals surface area contributed by atoms with E-state index in [9.17, 15) is 0 Å². The molecule has 0 bridgehead atoms. The minimum absolute atomic E-state index is 0.732. The number of aliphatic imine (C=N–C) groups is 2. The van der Waals surface area contributed by atoms with E-state index in [1.54, 1.807) is 0 Å². The molecule has 0 saturated carbocycles. The summed E-state index contributed by atoms with van der Waals surface area (Å²) in [7, 11) is 0. The quantitative estimate of drug-likeness (QED) is 0.573. The van der Waals surface area contributed by atoms with Gasteiger partial charge in [-0.1, -0.05) is 18.2 Å². The zero-order chi connectivity index (χ0) is 7.94. The van der Waals surface area contributed by atoms with E-state index in [0.717, 1.165) is 12.2 Å². The van der Waals surface area contributed by atoms with Crippen LogP contribution in [0.4, 0.5) is 5.69 Å². The molecule has 0 aliphatic heterocycles. The minimum atomic E-state index is 0.732. The van der Waals surface area contributed by atoms with Gasteiger partial charge in [0, 0.05) is 6.54 Å². The van der Waals surface area contributed by atoms with Crippen LogP contribution in [-0.4, -0.2) is 12.6 Å². The van der Waals surface area contributed by atoms with Crippen LogP contribution in [0.1, 0.15) is 6.92 Å². The topological polar surface area (TPSA) is 24.7 Å². The molecule has 0 spiro atoms. The van der Waals surface area contributed by atoms with Crippen LogP contribution in [0.25, 0.3) is 0 Å². The van der Waals surface area contributed by atoms with E-state index in [1.165, 1.54) is 0 Å². The minimum Gasteiger partial charge on any atom is -0.226 e. The molecule has 1 rings (SSSR count). The lowest BCUT2D eigenvalue weighted by Gasteiger charge is -1.84. The Kier molecular flexibility index (Phi) is 3.10. The zero-order valence-corrected chi connectivity index (χ0v) is 6.49. The average Bonchev–Trinajstić information content (AvgIpc) is 2.07. The Labute approximate surface area is 66.3 Å². The highest BCUT2D eigenvalue weighted by Crippen LogP contribution is 2.07. The summed E-state index contributed by atoms with van der Waals surface area (Å²) in [6.45, 7) is 2.68. The maximum absolute atomic E-state index is 3.98. The Balaban J connectivity index is 2.72. The zero-order valence-electron chi connectivity index (χ0n) is 6.49. The van der Waals surface area contributed by atoms with Crippen LogP contribution in [0, 0.1) is 0 Å². The lowest BCUT2D eigenvalue weighted by Crippen LogP contribution is -1.64. The molecule has 0 heterocycles. The van der Waals surface area contributed by atoms with Crippen molar-refractivity contribution < 1.29 is 0 Å². The van der Waals surface area contributed by atoms with Crippen LogP contribution in [0.5, 0.6) is 0 Å². The Morgan fingerprint density at radius 3 is 2.64 bits per heavy atom. The summed E-state index contributed by atoms with van der Waals surface area (Å²) in [5.41, 5.74) is 0.893. The van der Waals surface area contributed by atoms with Gasteiger partial charge in [-0.05, 0) is 19.1 Å². The number of hydrogen-bond acceptors (Lipinski definition) is 2. The maximum atomic E-state index is 3.98. The molecule has 1 aromatic rings. The van der Waals surface area contributed by atoms with Crippen molar-refractivity contribution in [2.45, 2.75) is 6.92 Å². The van der Waals surface area contributed by atoms with Gasteiger partial charge in [-0.2, -0.15) is 4.99 Å². The molecular formula is C9H10N2. The third-order valence-electron chi connectivity index (χ3n) is 1.16. The SMILES string of the molecule is CCN=C=Nc1ccccc1. The molecule has 0 atom stereocenters. The average molecular weight is 146 g/mol. The highest BCUT2D eigenvalue weighted by molar-refractivity contribution is 5.51. The van der Waals surface area contributed by atoms with E-state index in [4.69, 9.17) is 0 Å². The first-order valence-electron chi connectivity index (χ1n) is 3.60. The number of para-hydroxylation sites is 1. The molecule has 0 unspecified atom stereocenters. The summed E-state index contributed by atoms with van der Waals surface area (Å²) in [4.78, 5) is 7.83. The molecule has 0 fully saturated rings. The molecule has 2 nitrogen and oxygen atoms in total. The van der Waals surface area contributed by atoms with Crippen LogP contribution in [0.15, 0.2) is 40.3 Å². The van der Waals surface area contributed by atoms with Crippen molar-refractivity contribution in [3.63, 3.8) is 0 Å². The van der Waals surface area contributed by atoms with Gasteiger partial charge in [-0.3, -0.25) is 0 Å². The van der Waals surface area contributed by atoms with Gasteiger partial charge in [0.2, 0.25) is 0 Å². The third kappa shape index (κ3) is 2.78. The predicted octanol–water partition coefficient (Wildman–Crippen LogP) is 2.51. The summed E-state index contributed by atoms with van der Waals surface area (Å²) in [6, 6.07) is 12.3. The molecular weight excluding hydrogens is 136 g/mol. The fraction of sp³-hybridized carbons (Fsp3) is 0.222. The Bertz CT molecular complexity index is 258. The smallest absolute Gasteiger partial charge is 0.0948 e. The second-order valence-electron chi connectivity index (χ2n) is 2.02. The van der Waals surface area contributed by atoms with Crippen molar-refractivity contribution in [2.75, 3.05) is 6.54 Å². The van der Waals surface area contributed by atoms with Crippen molar-refractivity contribution in [1.29, 1.82) is 0 Å². The van der Waals surface area contributed by atoms with Gasteiger partial charge in [-0.15, -0.1) is 0 Å². The van der Waals surface area contributed by atoms with Gasteiger partial charge in [-0.25, -0.2) is 4.99 Å². The molecule has 0 aromatic heterocycles. The van der Waals surface area contributed by atoms with Crippen LogP contribution in [0.3, 0.4) is 0 Å². The van der Waals surface area contributed by atoms with Crippen LogP contribution in [-0.2, 0) is 0 Å². The summed E-state index contributed by atoms with van der Waals surface area (Å²) in [5, 5.41) is 0. The molecule has 0 radical (unpaired) electrons. The highest BCUT2D eigenvalue weighted by atomic mass is 14.8. The van der Waals surface area contributed by atoms with Crippen molar-refractivity contribution in [1.82, 2.24) is 0 Å². The molecule has 56 valence electrons. The third-order valence-corrected chi connectivity index (χ3v) is 1.16. The van der Waals surface area contributed by atoms with E-state index in [2.05, 4.69) is 16.0 Å². The fourth-order valence-electron chi connectivity index (χ4n) is 0.666. The second kappa shape index (κ2) is 4.42. The molecule has 0 amide bonds. The Morgan fingerprint density at radius 2 is 2.00 bits per heavy atom. The molecule has 0 aliphatic carbocycles. The molecule has 0 saturated heterocycles.